The molecule has 1 saturated carbocycles. The Balaban J connectivity index is 1.69. The molecule has 1 fully saturated rings. The highest BCUT2D eigenvalue weighted by Crippen LogP contribution is 2.52. The lowest BCUT2D eigenvalue weighted by molar-refractivity contribution is -0.365. The van der Waals surface area contributed by atoms with Crippen LogP contribution >= 0.6 is 0 Å². The van der Waals surface area contributed by atoms with Crippen LogP contribution in [0.2, 0.25) is 0 Å². The number of ether oxygens (including phenoxy) is 1. The molecule has 3 nitrogen and oxygen atoms in total. The summed E-state index contributed by atoms with van der Waals surface area (Å²) < 4.78 is 87.7. The highest BCUT2D eigenvalue weighted by molar-refractivity contribution is 5.99. The number of nitrogens with zero attached hydrogens (tertiary/aromatic N) is 1. The Morgan fingerprint density at radius 2 is 1.77 bits per heavy atom. The monoisotopic (exact) mass is 446 g/mol. The Hall–Kier alpha value is -2.29. The van der Waals surface area contributed by atoms with E-state index in [4.69, 9.17) is 5.73 Å². The summed E-state index contributed by atoms with van der Waals surface area (Å²) in [5.41, 5.74) is 6.46. The predicted octanol–water partition coefficient (Wildman–Crippen LogP) is 5.81. The van der Waals surface area contributed by atoms with Crippen molar-refractivity contribution in [2.75, 3.05) is 0 Å². The second-order valence-electron chi connectivity index (χ2n) is 8.08. The number of alkyl halides is 6. The van der Waals surface area contributed by atoms with Crippen LogP contribution in [-0.2, 0) is 17.2 Å². The maximum atomic E-state index is 14.0. The van der Waals surface area contributed by atoms with E-state index in [1.165, 1.54) is 43.4 Å². The molecule has 2 N–H and O–H groups in total. The van der Waals surface area contributed by atoms with Gasteiger partial charge in [0.05, 0.1) is 12.6 Å². The van der Waals surface area contributed by atoms with Crippen molar-refractivity contribution in [3.63, 3.8) is 0 Å². The lowest BCUT2D eigenvalue weighted by Gasteiger charge is -2.32. The van der Waals surface area contributed by atoms with Gasteiger partial charge in [-0.1, -0.05) is 49.4 Å². The molecular formula is C22H24F6N2O. The van der Waals surface area contributed by atoms with Gasteiger partial charge >= 0.3 is 12.0 Å². The summed E-state index contributed by atoms with van der Waals surface area (Å²) in [6, 6.07) is 5.93. The Labute approximate surface area is 176 Å². The third-order valence-corrected chi connectivity index (χ3v) is 5.39. The maximum absolute atomic E-state index is 14.0. The molecule has 0 saturated heterocycles. The van der Waals surface area contributed by atoms with Gasteiger partial charge in [-0.05, 0) is 18.4 Å². The standard InChI is InChI=1S/C22H24F6N2O/c1-13-11-14(7-10-18(13)31-22(27,28)21(25,26)16-8-9-16)19(29)30-12-15-5-3-4-6-17(15)20(2,23)24/h3-7,10-11,13,16,18H,8-9,12H2,1-2H3,(H2,29,30). The number of rotatable bonds is 8. The van der Waals surface area contributed by atoms with E-state index in [-0.39, 0.29) is 30.8 Å². The van der Waals surface area contributed by atoms with Crippen LogP contribution in [0.5, 0.6) is 0 Å². The van der Waals surface area contributed by atoms with Gasteiger partial charge < -0.3 is 10.5 Å². The Morgan fingerprint density at radius 1 is 1.13 bits per heavy atom. The molecule has 0 radical (unpaired) electrons. The third kappa shape index (κ3) is 5.14. The van der Waals surface area contributed by atoms with E-state index in [9.17, 15) is 26.3 Å². The summed E-state index contributed by atoms with van der Waals surface area (Å²) in [6.45, 7) is 2.21. The normalized spacial score (nSPS) is 23.1. The summed E-state index contributed by atoms with van der Waals surface area (Å²) in [4.78, 5) is 4.13. The molecule has 1 aromatic rings. The van der Waals surface area contributed by atoms with Crippen LogP contribution in [-0.4, -0.2) is 24.0 Å². The predicted molar refractivity (Wildman–Crippen MR) is 105 cm³/mol. The average molecular weight is 446 g/mol. The van der Waals surface area contributed by atoms with Crippen LogP contribution < -0.4 is 5.73 Å². The number of aliphatic imine (C=N–C) groups is 1. The van der Waals surface area contributed by atoms with Crippen molar-refractivity contribution in [3.8, 4) is 0 Å². The second kappa shape index (κ2) is 8.33. The molecule has 9 heteroatoms. The Bertz CT molecular complexity index is 900. The van der Waals surface area contributed by atoms with Crippen molar-refractivity contribution < 1.29 is 31.1 Å². The molecule has 2 aliphatic rings. The van der Waals surface area contributed by atoms with Crippen LogP contribution in [0.4, 0.5) is 26.3 Å². The van der Waals surface area contributed by atoms with Crippen LogP contribution in [0.25, 0.3) is 0 Å². The van der Waals surface area contributed by atoms with Gasteiger partial charge in [0.2, 0.25) is 0 Å². The van der Waals surface area contributed by atoms with Crippen molar-refractivity contribution >= 4 is 5.84 Å². The number of amidine groups is 1. The van der Waals surface area contributed by atoms with Crippen LogP contribution in [0.15, 0.2) is 53.1 Å². The first-order chi connectivity index (χ1) is 14.3. The van der Waals surface area contributed by atoms with Crippen molar-refractivity contribution in [2.45, 2.75) is 57.3 Å². The van der Waals surface area contributed by atoms with Gasteiger partial charge in [0.15, 0.2) is 0 Å². The Kier molecular flexibility index (Phi) is 6.28. The fourth-order valence-electron chi connectivity index (χ4n) is 3.41. The van der Waals surface area contributed by atoms with Gasteiger partial charge in [0.25, 0.3) is 5.92 Å². The highest BCUT2D eigenvalue weighted by Gasteiger charge is 2.66. The zero-order valence-corrected chi connectivity index (χ0v) is 17.1. The molecule has 0 amide bonds. The molecule has 0 bridgehead atoms. The molecule has 2 atom stereocenters. The number of benzene rings is 1. The van der Waals surface area contributed by atoms with Crippen molar-refractivity contribution in [1.29, 1.82) is 0 Å². The quantitative estimate of drug-likeness (QED) is 0.311. The van der Waals surface area contributed by atoms with Crippen LogP contribution in [0, 0.1) is 11.8 Å². The molecule has 0 aliphatic heterocycles. The highest BCUT2D eigenvalue weighted by atomic mass is 19.3. The van der Waals surface area contributed by atoms with E-state index in [0.717, 1.165) is 6.92 Å². The number of halogens is 6. The molecule has 1 aromatic carbocycles. The maximum Gasteiger partial charge on any atom is 0.420 e. The second-order valence-corrected chi connectivity index (χ2v) is 8.08. The fourth-order valence-corrected chi connectivity index (χ4v) is 3.41. The summed E-state index contributed by atoms with van der Waals surface area (Å²) >= 11 is 0. The van der Waals surface area contributed by atoms with Crippen LogP contribution in [0.1, 0.15) is 37.8 Å². The molecule has 0 aromatic heterocycles. The van der Waals surface area contributed by atoms with Crippen molar-refractivity contribution in [3.05, 3.63) is 59.2 Å². The van der Waals surface area contributed by atoms with Gasteiger partial charge in [-0.15, -0.1) is 0 Å². The molecule has 31 heavy (non-hydrogen) atoms. The molecule has 0 spiro atoms. The van der Waals surface area contributed by atoms with E-state index in [1.807, 2.05) is 0 Å². The molecule has 2 unspecified atom stereocenters. The number of nitrogens with two attached hydrogens (primary N) is 1. The van der Waals surface area contributed by atoms with Gasteiger partial charge in [-0.25, -0.2) is 8.78 Å². The summed E-state index contributed by atoms with van der Waals surface area (Å²) in [7, 11) is 0. The Morgan fingerprint density at radius 3 is 2.35 bits per heavy atom. The summed E-state index contributed by atoms with van der Waals surface area (Å²) in [5, 5.41) is 0. The first kappa shape index (κ1) is 23.4. The smallest absolute Gasteiger partial charge is 0.384 e. The zero-order valence-electron chi connectivity index (χ0n) is 17.1. The average Bonchev–Trinajstić information content (AvgIpc) is 3.52. The molecule has 3 rings (SSSR count). The minimum absolute atomic E-state index is 0.0193. The van der Waals surface area contributed by atoms with E-state index in [1.54, 1.807) is 6.07 Å². The first-order valence-electron chi connectivity index (χ1n) is 9.93. The lowest BCUT2D eigenvalue weighted by Crippen LogP contribution is -2.47. The van der Waals surface area contributed by atoms with E-state index in [2.05, 4.69) is 9.73 Å². The van der Waals surface area contributed by atoms with Crippen molar-refractivity contribution in [1.82, 2.24) is 0 Å². The SMILES string of the molecule is CC1C=C(C(N)=NCc2ccccc2C(C)(F)F)C=CC1OC(F)(F)C(F)(F)C1CC1. The molecular weight excluding hydrogens is 422 g/mol. The van der Waals surface area contributed by atoms with E-state index in [0.29, 0.717) is 11.1 Å². The third-order valence-electron chi connectivity index (χ3n) is 5.39. The lowest BCUT2D eigenvalue weighted by atomic mass is 9.94. The molecule has 2 aliphatic carbocycles. The van der Waals surface area contributed by atoms with Crippen LogP contribution in [0.3, 0.4) is 0 Å². The van der Waals surface area contributed by atoms with Gasteiger partial charge in [-0.2, -0.15) is 17.6 Å². The van der Waals surface area contributed by atoms with E-state index >= 15 is 0 Å². The van der Waals surface area contributed by atoms with Crippen molar-refractivity contribution in [2.24, 2.45) is 22.6 Å². The molecule has 170 valence electrons. The van der Waals surface area contributed by atoms with Gasteiger partial charge in [0.1, 0.15) is 5.84 Å². The van der Waals surface area contributed by atoms with Gasteiger partial charge in [0, 0.05) is 29.9 Å². The number of hydrogen-bond acceptors (Lipinski definition) is 2. The minimum Gasteiger partial charge on any atom is -0.384 e. The number of hydrogen-bond donors (Lipinski definition) is 1. The topological polar surface area (TPSA) is 47.6 Å². The summed E-state index contributed by atoms with van der Waals surface area (Å²) in [5.74, 6) is -9.29. The fraction of sp³-hybridized carbons (Fsp3) is 0.500. The largest absolute Gasteiger partial charge is 0.420 e. The zero-order chi connectivity index (χ0) is 23.0. The first-order valence-corrected chi connectivity index (χ1v) is 9.93. The molecule has 0 heterocycles. The summed E-state index contributed by atoms with van der Waals surface area (Å²) in [6.07, 6.45) is -1.69. The van der Waals surface area contributed by atoms with E-state index < -0.39 is 35.9 Å². The van der Waals surface area contributed by atoms with Gasteiger partial charge in [-0.3, -0.25) is 4.99 Å². The minimum atomic E-state index is -4.59.